The van der Waals surface area contributed by atoms with Crippen LogP contribution >= 0.6 is 0 Å². The molecule has 0 N–H and O–H groups in total. The molecule has 0 amide bonds. The maximum absolute atomic E-state index is 2.55. The fraction of sp³-hybridized carbons (Fsp3) is 0.186. The van der Waals surface area contributed by atoms with Crippen LogP contribution in [0.1, 0.15) is 36.1 Å². The van der Waals surface area contributed by atoms with Crippen molar-refractivity contribution in [1.82, 2.24) is 0 Å². The van der Waals surface area contributed by atoms with Crippen molar-refractivity contribution in [2.75, 3.05) is 19.0 Å². The Hall–Kier alpha value is -4.95. The third-order valence-electron chi connectivity index (χ3n) is 10.6. The Morgan fingerprint density at radius 1 is 0.578 bits per heavy atom. The molecule has 6 aromatic carbocycles. The van der Waals surface area contributed by atoms with Crippen LogP contribution < -0.4 is 4.90 Å². The van der Waals surface area contributed by atoms with Gasteiger partial charge in [0.25, 0.3) is 0 Å². The van der Waals surface area contributed by atoms with E-state index in [2.05, 4.69) is 177 Å². The zero-order valence-corrected chi connectivity index (χ0v) is 26.6. The fourth-order valence-electron chi connectivity index (χ4n) is 8.50. The molecule has 0 fully saturated rings. The first-order chi connectivity index (χ1) is 21.9. The molecule has 0 aliphatic carbocycles. The van der Waals surface area contributed by atoms with E-state index >= 15 is 0 Å². The largest absolute Gasteiger partial charge is 0.347 e. The third kappa shape index (κ3) is 4.19. The first kappa shape index (κ1) is 27.6. The zero-order valence-electron chi connectivity index (χ0n) is 26.6. The molecule has 0 saturated heterocycles. The smallest absolute Gasteiger partial charge is 0.210 e. The maximum atomic E-state index is 2.55. The Balaban J connectivity index is 1.38. The second kappa shape index (κ2) is 10.3. The van der Waals surface area contributed by atoms with Crippen LogP contribution in [0.2, 0.25) is 0 Å². The summed E-state index contributed by atoms with van der Waals surface area (Å²) in [5.41, 5.74) is 10.4. The van der Waals surface area contributed by atoms with Crippen molar-refractivity contribution >= 4 is 38.6 Å². The van der Waals surface area contributed by atoms with Crippen LogP contribution in [0.5, 0.6) is 0 Å². The Kier molecular flexibility index (Phi) is 6.32. The average Bonchev–Trinajstić information content (AvgIpc) is 3.41. The van der Waals surface area contributed by atoms with Gasteiger partial charge >= 0.3 is 0 Å². The lowest BCUT2D eigenvalue weighted by Crippen LogP contribution is -2.36. The van der Waals surface area contributed by atoms with Crippen LogP contribution in [0.3, 0.4) is 0 Å². The maximum Gasteiger partial charge on any atom is 0.210 e. The van der Waals surface area contributed by atoms with Gasteiger partial charge in [0.05, 0.1) is 5.41 Å². The van der Waals surface area contributed by atoms with Crippen molar-refractivity contribution < 1.29 is 4.58 Å². The third-order valence-corrected chi connectivity index (χ3v) is 10.6. The Labute approximate surface area is 266 Å². The summed E-state index contributed by atoms with van der Waals surface area (Å²) in [5.74, 6) is 0. The van der Waals surface area contributed by atoms with E-state index in [0.29, 0.717) is 0 Å². The fourth-order valence-corrected chi connectivity index (χ4v) is 8.50. The number of hydrogen-bond donors (Lipinski definition) is 0. The van der Waals surface area contributed by atoms with Gasteiger partial charge < -0.3 is 4.90 Å². The number of rotatable bonds is 5. The molecule has 45 heavy (non-hydrogen) atoms. The summed E-state index contributed by atoms with van der Waals surface area (Å²) >= 11 is 0. The highest BCUT2D eigenvalue weighted by atomic mass is 15.2. The van der Waals surface area contributed by atoms with Crippen molar-refractivity contribution in [2.24, 2.45) is 0 Å². The number of fused-ring (bicyclic) bond motifs is 6. The molecule has 2 aliphatic rings. The van der Waals surface area contributed by atoms with Gasteiger partial charge in [0.1, 0.15) is 7.05 Å². The minimum atomic E-state index is -0.232. The Morgan fingerprint density at radius 3 is 1.71 bits per heavy atom. The number of anilines is 1. The molecule has 220 valence electrons. The van der Waals surface area contributed by atoms with Gasteiger partial charge in [-0.05, 0) is 77.1 Å². The van der Waals surface area contributed by atoms with Crippen LogP contribution in [-0.2, 0) is 23.7 Å². The normalized spacial score (nSPS) is 21.6. The second-order valence-corrected chi connectivity index (χ2v) is 13.4. The quantitative estimate of drug-likeness (QED) is 0.183. The Morgan fingerprint density at radius 2 is 1.09 bits per heavy atom. The van der Waals surface area contributed by atoms with E-state index in [1.54, 1.807) is 0 Å². The summed E-state index contributed by atoms with van der Waals surface area (Å²) in [6.45, 7) is 4.93. The first-order valence-electron chi connectivity index (χ1n) is 16.1. The van der Waals surface area contributed by atoms with Gasteiger partial charge in [0, 0.05) is 41.6 Å². The van der Waals surface area contributed by atoms with Gasteiger partial charge in [-0.1, -0.05) is 115 Å². The standard InChI is InChI=1S/C43H39N2/c1-42(28-30-15-7-5-8-16-30)38(44(3)36-25-23-32-19-11-13-21-34(32)40(36)42)27-39-43(2,29-31-17-9-6-10-18-31)41-35-22-14-12-20-33(35)24-26-37(41)45(39)4/h5-27H,28-29H2,1-4H3/q+1. The number of benzene rings is 6. The molecule has 2 unspecified atom stereocenters. The molecule has 2 atom stereocenters. The minimum Gasteiger partial charge on any atom is -0.347 e. The Bertz CT molecular complexity index is 2160. The molecule has 0 bridgehead atoms. The van der Waals surface area contributed by atoms with Gasteiger partial charge in [0.2, 0.25) is 5.69 Å². The van der Waals surface area contributed by atoms with E-state index in [9.17, 15) is 0 Å². The van der Waals surface area contributed by atoms with Gasteiger partial charge in [-0.2, -0.15) is 4.58 Å². The highest BCUT2D eigenvalue weighted by molar-refractivity contribution is 6.09. The molecule has 8 rings (SSSR count). The second-order valence-electron chi connectivity index (χ2n) is 13.4. The molecule has 0 spiro atoms. The van der Waals surface area contributed by atoms with Gasteiger partial charge in [-0.25, -0.2) is 0 Å². The molecule has 2 nitrogen and oxygen atoms in total. The van der Waals surface area contributed by atoms with Crippen LogP contribution in [0.15, 0.2) is 145 Å². The summed E-state index contributed by atoms with van der Waals surface area (Å²) < 4.78 is 2.47. The predicted octanol–water partition coefficient (Wildman–Crippen LogP) is 9.76. The van der Waals surface area contributed by atoms with E-state index in [1.807, 2.05) is 0 Å². The summed E-state index contributed by atoms with van der Waals surface area (Å²) in [5, 5.41) is 5.27. The number of hydrogen-bond acceptors (Lipinski definition) is 1. The van der Waals surface area contributed by atoms with Gasteiger partial charge in [0.15, 0.2) is 5.71 Å². The number of likely N-dealkylation sites (N-methyl/N-ethyl adjacent to an activating group) is 1. The summed E-state index contributed by atoms with van der Waals surface area (Å²) in [6.07, 6.45) is 4.40. The lowest BCUT2D eigenvalue weighted by molar-refractivity contribution is -0.401. The lowest BCUT2D eigenvalue weighted by atomic mass is 9.70. The molecule has 0 radical (unpaired) electrons. The van der Waals surface area contributed by atoms with Crippen molar-refractivity contribution in [3.05, 3.63) is 167 Å². The predicted molar refractivity (Wildman–Crippen MR) is 190 cm³/mol. The van der Waals surface area contributed by atoms with Crippen molar-refractivity contribution in [2.45, 2.75) is 37.5 Å². The molecular formula is C43H39N2+. The molecule has 0 aromatic heterocycles. The van der Waals surface area contributed by atoms with Crippen LogP contribution in [-0.4, -0.2) is 24.4 Å². The summed E-state index contributed by atoms with van der Waals surface area (Å²) in [4.78, 5) is 2.47. The molecule has 6 aromatic rings. The van der Waals surface area contributed by atoms with Crippen molar-refractivity contribution in [3.8, 4) is 0 Å². The van der Waals surface area contributed by atoms with Crippen LogP contribution in [0.25, 0.3) is 21.5 Å². The van der Waals surface area contributed by atoms with Crippen LogP contribution in [0.4, 0.5) is 11.4 Å². The van der Waals surface area contributed by atoms with E-state index < -0.39 is 0 Å². The highest BCUT2D eigenvalue weighted by Crippen LogP contribution is 2.53. The molecular weight excluding hydrogens is 544 g/mol. The lowest BCUT2D eigenvalue weighted by Gasteiger charge is -2.31. The molecule has 2 aliphatic heterocycles. The summed E-state index contributed by atoms with van der Waals surface area (Å²) in [6, 6.07) is 49.1. The van der Waals surface area contributed by atoms with Gasteiger partial charge in [-0.15, -0.1) is 0 Å². The van der Waals surface area contributed by atoms with Crippen LogP contribution in [0, 0.1) is 0 Å². The minimum absolute atomic E-state index is 0.232. The SMILES string of the molecule is CN1C(=CC2=[N+](C)c3ccc4ccccc4c3C2(C)Cc2ccccc2)C(C)(Cc2ccccc2)c2c1ccc1ccccc21. The average molecular weight is 584 g/mol. The van der Waals surface area contributed by atoms with Crippen molar-refractivity contribution in [3.63, 3.8) is 0 Å². The van der Waals surface area contributed by atoms with E-state index in [1.165, 1.54) is 66.6 Å². The first-order valence-corrected chi connectivity index (χ1v) is 16.1. The van der Waals surface area contributed by atoms with E-state index in [4.69, 9.17) is 0 Å². The van der Waals surface area contributed by atoms with Gasteiger partial charge in [-0.3, -0.25) is 0 Å². The number of nitrogens with zero attached hydrogens (tertiary/aromatic N) is 2. The zero-order chi connectivity index (χ0) is 30.8. The molecule has 0 saturated carbocycles. The van der Waals surface area contributed by atoms with E-state index in [0.717, 1.165) is 12.8 Å². The molecule has 2 heteroatoms. The highest BCUT2D eigenvalue weighted by Gasteiger charge is 2.51. The summed E-state index contributed by atoms with van der Waals surface area (Å²) in [7, 11) is 4.53. The topological polar surface area (TPSA) is 6.25 Å². The molecule has 2 heterocycles. The van der Waals surface area contributed by atoms with Crippen molar-refractivity contribution in [1.29, 1.82) is 0 Å². The van der Waals surface area contributed by atoms with E-state index in [-0.39, 0.29) is 10.8 Å². The monoisotopic (exact) mass is 583 g/mol. The number of allylic oxidation sites excluding steroid dienone is 2.